The molecule has 0 aromatic heterocycles. The summed E-state index contributed by atoms with van der Waals surface area (Å²) in [6, 6.07) is 7.29. The lowest BCUT2D eigenvalue weighted by Crippen LogP contribution is -2.60. The van der Waals surface area contributed by atoms with Crippen molar-refractivity contribution in [3.8, 4) is 0 Å². The Bertz CT molecular complexity index is 1130. The maximum absolute atomic E-state index is 13.9. The number of rotatable bonds is 6. The molecule has 1 N–H and O–H groups in total. The molecule has 6 rings (SSSR count). The van der Waals surface area contributed by atoms with Crippen molar-refractivity contribution in [3.05, 3.63) is 45.8 Å². The monoisotopic (exact) mass is 520 g/mol. The first-order valence-electron chi connectivity index (χ1n) is 14.2. The van der Waals surface area contributed by atoms with Crippen molar-refractivity contribution in [2.75, 3.05) is 26.2 Å². The van der Waals surface area contributed by atoms with E-state index in [4.69, 9.17) is 10.3 Å². The number of carbonyl (C=O) groups excluding carboxylic acids is 3. The smallest absolute Gasteiger partial charge is 0.252 e. The average Bonchev–Trinajstić information content (AvgIpc) is 3.62. The Balaban J connectivity index is 1.13. The number of amides is 2. The lowest BCUT2D eigenvalue weighted by Gasteiger charge is -2.42. The Hall–Kier alpha value is -2.94. The van der Waals surface area contributed by atoms with E-state index in [2.05, 4.69) is 32.4 Å². The summed E-state index contributed by atoms with van der Waals surface area (Å²) in [5, 5.41) is 6.84. The Labute approximate surface area is 222 Å². The van der Waals surface area contributed by atoms with Gasteiger partial charge in [0.25, 0.3) is 5.91 Å². The zero-order valence-corrected chi connectivity index (χ0v) is 21.8. The van der Waals surface area contributed by atoms with Gasteiger partial charge in [-0.2, -0.15) is 0 Å². The van der Waals surface area contributed by atoms with Crippen LogP contribution in [0.4, 0.5) is 0 Å². The van der Waals surface area contributed by atoms with Crippen LogP contribution in [0.5, 0.6) is 0 Å². The van der Waals surface area contributed by atoms with Crippen LogP contribution in [0.1, 0.15) is 79.6 Å². The lowest BCUT2D eigenvalue weighted by atomic mass is 9.85. The number of nitrogens with one attached hydrogen (secondary N) is 1. The van der Waals surface area contributed by atoms with E-state index in [1.807, 2.05) is 12.1 Å². The van der Waals surface area contributed by atoms with E-state index < -0.39 is 23.7 Å². The number of hydrogen-bond donors (Lipinski definition) is 1. The Morgan fingerprint density at radius 3 is 2.39 bits per heavy atom. The number of Topliss-reactive ketones (excluding diaryl/α,β-unsaturated/α-hetero) is 1. The quantitative estimate of drug-likeness (QED) is 0.350. The first-order chi connectivity index (χ1) is 18.5. The third kappa shape index (κ3) is 4.48. The number of ether oxygens (including phenoxy) is 1. The van der Waals surface area contributed by atoms with E-state index in [1.54, 1.807) is 0 Å². The molecule has 0 radical (unpaired) electrons. The van der Waals surface area contributed by atoms with Crippen LogP contribution in [0.15, 0.2) is 29.4 Å². The van der Waals surface area contributed by atoms with Crippen LogP contribution in [0.3, 0.4) is 0 Å². The van der Waals surface area contributed by atoms with Gasteiger partial charge in [-0.05, 0) is 80.8 Å². The molecule has 2 saturated carbocycles. The van der Waals surface area contributed by atoms with Gasteiger partial charge in [0.15, 0.2) is 5.78 Å². The normalized spacial score (nSPS) is 29.5. The van der Waals surface area contributed by atoms with Gasteiger partial charge in [-0.15, -0.1) is 0 Å². The van der Waals surface area contributed by atoms with Gasteiger partial charge in [-0.3, -0.25) is 14.4 Å². The highest BCUT2D eigenvalue weighted by Gasteiger charge is 2.56. The van der Waals surface area contributed by atoms with Crippen LogP contribution in [0, 0.1) is 0 Å². The van der Waals surface area contributed by atoms with Gasteiger partial charge < -0.3 is 19.9 Å². The summed E-state index contributed by atoms with van der Waals surface area (Å²) < 4.78 is 5.57. The fourth-order valence-corrected chi connectivity index (χ4v) is 7.20. The van der Waals surface area contributed by atoms with Crippen LogP contribution in [-0.4, -0.2) is 83.4 Å². The molecular weight excluding hydrogens is 484 g/mol. The molecule has 38 heavy (non-hydrogen) atoms. The summed E-state index contributed by atoms with van der Waals surface area (Å²) in [5.41, 5.74) is 9.69. The van der Waals surface area contributed by atoms with Crippen LogP contribution in [0.2, 0.25) is 0 Å². The number of benzene rings is 1. The van der Waals surface area contributed by atoms with Crippen LogP contribution >= 0.6 is 0 Å². The minimum Gasteiger partial charge on any atom is -0.367 e. The van der Waals surface area contributed by atoms with Gasteiger partial charge in [0.1, 0.15) is 18.2 Å². The molecule has 2 aliphatic carbocycles. The Kier molecular flexibility index (Phi) is 6.88. The molecule has 10 heteroatoms. The molecule has 2 amide bonds. The number of nitrogens with zero attached hydrogens (tertiary/aromatic N) is 5. The number of ketones is 1. The van der Waals surface area contributed by atoms with Crippen LogP contribution in [0.25, 0.3) is 10.4 Å². The van der Waals surface area contributed by atoms with Crippen molar-refractivity contribution in [3.63, 3.8) is 0 Å². The topological polar surface area (TPSA) is 128 Å². The predicted molar refractivity (Wildman–Crippen MR) is 139 cm³/mol. The molecule has 3 saturated heterocycles. The van der Waals surface area contributed by atoms with Crippen molar-refractivity contribution in [1.29, 1.82) is 0 Å². The molecule has 5 fully saturated rings. The molecular formula is C28H36N6O4. The second kappa shape index (κ2) is 10.3. The predicted octanol–water partition coefficient (Wildman–Crippen LogP) is 3.32. The second-order valence-corrected chi connectivity index (χ2v) is 11.7. The zero-order valence-electron chi connectivity index (χ0n) is 21.8. The third-order valence-corrected chi connectivity index (χ3v) is 9.60. The van der Waals surface area contributed by atoms with E-state index in [1.165, 1.54) is 29.7 Å². The molecule has 3 aliphatic heterocycles. The number of carbonyl (C=O) groups is 3. The number of piperidine rings is 1. The molecule has 3 heterocycles. The third-order valence-electron chi connectivity index (χ3n) is 9.60. The van der Waals surface area contributed by atoms with E-state index in [0.29, 0.717) is 24.3 Å². The summed E-state index contributed by atoms with van der Waals surface area (Å²) >= 11 is 0. The van der Waals surface area contributed by atoms with E-state index in [9.17, 15) is 14.4 Å². The van der Waals surface area contributed by atoms with Gasteiger partial charge in [-0.1, -0.05) is 36.5 Å². The minimum absolute atomic E-state index is 0.0954. The zero-order chi connectivity index (χ0) is 26.3. The Morgan fingerprint density at radius 1 is 1.05 bits per heavy atom. The molecule has 0 unspecified atom stereocenters. The van der Waals surface area contributed by atoms with Crippen molar-refractivity contribution < 1.29 is 19.1 Å². The Morgan fingerprint density at radius 2 is 1.76 bits per heavy atom. The van der Waals surface area contributed by atoms with Gasteiger partial charge in [0, 0.05) is 23.1 Å². The SMILES string of the molecule is [N-]=[N+]=N[C@H]1CN(C(=O)C2(NC(=O)c3ccc(C4CCN(C5CCC5)CC4)cc3)CCCC2)[C@@H]2C(=O)CO[C@H]12. The largest absolute Gasteiger partial charge is 0.367 e. The number of fused-ring (bicyclic) bond motifs is 1. The summed E-state index contributed by atoms with van der Waals surface area (Å²) in [7, 11) is 0. The average molecular weight is 521 g/mol. The van der Waals surface area contributed by atoms with Crippen molar-refractivity contribution in [2.24, 2.45) is 5.11 Å². The summed E-state index contributed by atoms with van der Waals surface area (Å²) in [5.74, 6) is -0.220. The number of hydrogen-bond acceptors (Lipinski definition) is 6. The number of likely N-dealkylation sites (tertiary alicyclic amines) is 2. The molecule has 0 spiro atoms. The van der Waals surface area contributed by atoms with Gasteiger partial charge in [0.2, 0.25) is 5.91 Å². The van der Waals surface area contributed by atoms with Gasteiger partial charge in [-0.25, -0.2) is 0 Å². The summed E-state index contributed by atoms with van der Waals surface area (Å²) in [6.07, 6.45) is 8.40. The summed E-state index contributed by atoms with van der Waals surface area (Å²) in [6.45, 7) is 2.32. The van der Waals surface area contributed by atoms with Gasteiger partial charge >= 0.3 is 0 Å². The molecule has 3 atom stereocenters. The van der Waals surface area contributed by atoms with E-state index in [0.717, 1.165) is 44.8 Å². The van der Waals surface area contributed by atoms with Crippen molar-refractivity contribution >= 4 is 17.6 Å². The standard InChI is InChI=1S/C28H36N6O4/c29-32-31-22-16-34(24-23(35)17-38-25(22)24)27(37)28(12-1-2-13-28)30-26(36)20-8-6-18(7-9-20)19-10-14-33(15-11-19)21-4-3-5-21/h6-9,19,21-22,24-25H,1-5,10-17H2,(H,30,36)/t22-,24+,25+/m0/s1. The van der Waals surface area contributed by atoms with E-state index in [-0.39, 0.29) is 30.7 Å². The molecule has 10 nitrogen and oxygen atoms in total. The molecule has 0 bridgehead atoms. The first kappa shape index (κ1) is 25.3. The number of azide groups is 1. The minimum atomic E-state index is -1.07. The highest BCUT2D eigenvalue weighted by Crippen LogP contribution is 2.38. The lowest BCUT2D eigenvalue weighted by molar-refractivity contribution is -0.142. The van der Waals surface area contributed by atoms with Crippen LogP contribution < -0.4 is 5.32 Å². The summed E-state index contributed by atoms with van der Waals surface area (Å²) in [4.78, 5) is 46.9. The maximum atomic E-state index is 13.9. The van der Waals surface area contributed by atoms with Gasteiger partial charge in [0.05, 0.1) is 12.1 Å². The highest BCUT2D eigenvalue weighted by molar-refractivity contribution is 6.01. The van der Waals surface area contributed by atoms with Crippen LogP contribution in [-0.2, 0) is 14.3 Å². The highest BCUT2D eigenvalue weighted by atomic mass is 16.5. The molecule has 1 aromatic carbocycles. The fourth-order valence-electron chi connectivity index (χ4n) is 7.20. The van der Waals surface area contributed by atoms with E-state index >= 15 is 0 Å². The first-order valence-corrected chi connectivity index (χ1v) is 14.2. The maximum Gasteiger partial charge on any atom is 0.252 e. The fraction of sp³-hybridized carbons (Fsp3) is 0.679. The molecule has 5 aliphatic rings. The second-order valence-electron chi connectivity index (χ2n) is 11.7. The molecule has 202 valence electrons. The molecule has 1 aromatic rings. The van der Waals surface area contributed by atoms with Crippen molar-refractivity contribution in [2.45, 2.75) is 93.5 Å². The van der Waals surface area contributed by atoms with Crippen molar-refractivity contribution in [1.82, 2.24) is 15.1 Å².